The summed E-state index contributed by atoms with van der Waals surface area (Å²) in [6.45, 7) is -0.363. The Labute approximate surface area is 147 Å². The number of anilines is 1. The van der Waals surface area contributed by atoms with Crippen LogP contribution in [0.3, 0.4) is 0 Å². The fourth-order valence-corrected chi connectivity index (χ4v) is 2.66. The number of benzene rings is 1. The molecular weight excluding hydrogens is 369 g/mol. The highest BCUT2D eigenvalue weighted by Crippen LogP contribution is 2.28. The number of hydrogen-bond donors (Lipinski definition) is 1. The maximum Gasteiger partial charge on any atom is 0.333 e. The summed E-state index contributed by atoms with van der Waals surface area (Å²) in [4.78, 5) is 15.7. The Balaban J connectivity index is 2.06. The fourth-order valence-electron chi connectivity index (χ4n) is 2.39. The molecule has 0 N–H and O–H groups in total. The minimum atomic E-state index is -3.06. The lowest BCUT2D eigenvalue weighted by Crippen LogP contribution is -2.21. The summed E-state index contributed by atoms with van der Waals surface area (Å²) in [6, 6.07) is 5.71. The summed E-state index contributed by atoms with van der Waals surface area (Å²) in [6.07, 6.45) is 2.47. The van der Waals surface area contributed by atoms with E-state index < -0.39 is 21.7 Å². The molecular formula is C14H12FN5O5S. The Morgan fingerprint density at radius 1 is 1.38 bits per heavy atom. The van der Waals surface area contributed by atoms with Crippen LogP contribution in [0.25, 0.3) is 16.9 Å². The average molecular weight is 381 g/mol. The van der Waals surface area contributed by atoms with E-state index in [1.807, 2.05) is 0 Å². The van der Waals surface area contributed by atoms with Crippen LogP contribution in [0, 0.1) is 15.9 Å². The largest absolute Gasteiger partial charge is 0.348 e. The second-order valence-corrected chi connectivity index (χ2v) is 5.90. The zero-order valence-electron chi connectivity index (χ0n) is 13.3. The van der Waals surface area contributed by atoms with E-state index in [0.717, 1.165) is 6.20 Å². The van der Waals surface area contributed by atoms with Gasteiger partial charge in [0.25, 0.3) is 11.0 Å². The van der Waals surface area contributed by atoms with Crippen LogP contribution in [-0.4, -0.2) is 41.7 Å². The minimum Gasteiger partial charge on any atom is -0.348 e. The zero-order chi connectivity index (χ0) is 18.8. The van der Waals surface area contributed by atoms with Crippen LogP contribution in [0.4, 0.5) is 15.8 Å². The van der Waals surface area contributed by atoms with Crippen molar-refractivity contribution in [3.8, 4) is 11.3 Å². The van der Waals surface area contributed by atoms with Crippen molar-refractivity contribution in [1.29, 1.82) is 0 Å². The number of nitrogens with zero attached hydrogens (tertiary/aromatic N) is 5. The van der Waals surface area contributed by atoms with Gasteiger partial charge in [-0.2, -0.15) is 5.10 Å². The molecule has 1 aromatic carbocycles. The Morgan fingerprint density at radius 2 is 2.15 bits per heavy atom. The van der Waals surface area contributed by atoms with Gasteiger partial charge in [0.1, 0.15) is 18.7 Å². The van der Waals surface area contributed by atoms with E-state index in [9.17, 15) is 22.9 Å². The molecule has 0 saturated carbocycles. The second-order valence-electron chi connectivity index (χ2n) is 5.20. The highest BCUT2D eigenvalue weighted by molar-refractivity contribution is 7.67. The highest BCUT2D eigenvalue weighted by Gasteiger charge is 2.19. The minimum absolute atomic E-state index is 0.0541. The molecule has 0 aliphatic heterocycles. The van der Waals surface area contributed by atoms with Crippen molar-refractivity contribution in [3.63, 3.8) is 0 Å². The first-order valence-corrected chi connectivity index (χ1v) is 8.23. The van der Waals surface area contributed by atoms with Gasteiger partial charge in [-0.1, -0.05) is 0 Å². The number of nitro groups is 1. The van der Waals surface area contributed by atoms with E-state index in [-0.39, 0.29) is 23.8 Å². The van der Waals surface area contributed by atoms with Crippen molar-refractivity contribution < 1.29 is 21.9 Å². The van der Waals surface area contributed by atoms with Crippen LogP contribution in [-0.2, 0) is 15.2 Å². The quantitative estimate of drug-likeness (QED) is 0.294. The Kier molecular flexibility index (Phi) is 4.77. The molecule has 0 saturated heterocycles. The molecule has 0 amide bonds. The zero-order valence-corrected chi connectivity index (χ0v) is 14.2. The third kappa shape index (κ3) is 3.32. The lowest BCUT2D eigenvalue weighted by molar-refractivity contribution is -0.383. The van der Waals surface area contributed by atoms with Gasteiger partial charge in [0.15, 0.2) is 0 Å². The molecule has 0 radical (unpaired) electrons. The van der Waals surface area contributed by atoms with E-state index >= 15 is 0 Å². The molecule has 0 aliphatic carbocycles. The predicted molar refractivity (Wildman–Crippen MR) is 89.7 cm³/mol. The summed E-state index contributed by atoms with van der Waals surface area (Å²) >= 11 is 0. The van der Waals surface area contributed by atoms with Gasteiger partial charge in [-0.15, -0.1) is 0 Å². The van der Waals surface area contributed by atoms with Gasteiger partial charge in [0, 0.05) is 18.8 Å². The van der Waals surface area contributed by atoms with E-state index in [0.29, 0.717) is 11.3 Å². The van der Waals surface area contributed by atoms with Gasteiger partial charge in [-0.3, -0.25) is 14.3 Å². The summed E-state index contributed by atoms with van der Waals surface area (Å²) in [5, 5.41) is 15.0. The molecule has 136 valence electrons. The van der Waals surface area contributed by atoms with Crippen molar-refractivity contribution >= 4 is 28.0 Å². The Morgan fingerprint density at radius 3 is 2.85 bits per heavy atom. The number of rotatable bonds is 6. The molecule has 0 spiro atoms. The first-order valence-electron chi connectivity index (χ1n) is 7.14. The van der Waals surface area contributed by atoms with E-state index in [1.165, 1.54) is 40.9 Å². The summed E-state index contributed by atoms with van der Waals surface area (Å²) in [5.74, 6) is -0.585. The normalized spacial score (nSPS) is 11.2. The molecule has 0 atom stereocenters. The third-order valence-electron chi connectivity index (χ3n) is 3.59. The third-order valence-corrected chi connectivity index (χ3v) is 3.92. The molecule has 0 fully saturated rings. The Hall–Kier alpha value is -3.12. The van der Waals surface area contributed by atoms with Gasteiger partial charge >= 0.3 is 5.69 Å². The Bertz CT molecular complexity index is 1060. The summed E-state index contributed by atoms with van der Waals surface area (Å²) in [7, 11) is -1.60. The SMILES string of the molecule is CN(CO[SH](=O)=O)c1cc(-c2ccnc3c([N+](=O)[O-])cnn23)ccc1F. The molecule has 3 aromatic rings. The maximum atomic E-state index is 14.1. The lowest BCUT2D eigenvalue weighted by Gasteiger charge is -2.19. The molecule has 26 heavy (non-hydrogen) atoms. The van der Waals surface area contributed by atoms with Gasteiger partial charge in [-0.05, 0) is 24.3 Å². The van der Waals surface area contributed by atoms with Gasteiger partial charge in [0.05, 0.1) is 16.3 Å². The number of thiol groups is 1. The fraction of sp³-hybridized carbons (Fsp3) is 0.143. The number of aromatic nitrogens is 3. The molecule has 2 aromatic heterocycles. The van der Waals surface area contributed by atoms with Crippen LogP contribution >= 0.6 is 0 Å². The number of halogens is 1. The standard InChI is InChI=1S/C14H12FN5O5S/c1-18(8-25-26(23)24)12-6-9(2-3-10(12)15)11-4-5-16-14-13(20(21)22)7-17-19(11)14/h2-7,26H,8H2,1H3. The molecule has 10 nitrogen and oxygen atoms in total. The molecule has 0 aliphatic rings. The molecule has 2 heterocycles. The summed E-state index contributed by atoms with van der Waals surface area (Å²) in [5.41, 5.74) is 0.849. The second kappa shape index (κ2) is 7.01. The summed E-state index contributed by atoms with van der Waals surface area (Å²) < 4.78 is 40.9. The van der Waals surface area contributed by atoms with Crippen molar-refractivity contribution in [1.82, 2.24) is 14.6 Å². The van der Waals surface area contributed by atoms with Gasteiger partial charge in [0.2, 0.25) is 5.65 Å². The highest BCUT2D eigenvalue weighted by atomic mass is 32.2. The van der Waals surface area contributed by atoms with Crippen LogP contribution < -0.4 is 4.90 Å². The van der Waals surface area contributed by atoms with Crippen LogP contribution in [0.1, 0.15) is 0 Å². The van der Waals surface area contributed by atoms with Crippen molar-refractivity contribution in [2.24, 2.45) is 0 Å². The van der Waals surface area contributed by atoms with Crippen LogP contribution in [0.15, 0.2) is 36.7 Å². The molecule has 12 heteroatoms. The first kappa shape index (κ1) is 17.7. The van der Waals surface area contributed by atoms with E-state index in [4.69, 9.17) is 0 Å². The smallest absolute Gasteiger partial charge is 0.333 e. The average Bonchev–Trinajstić information content (AvgIpc) is 3.04. The van der Waals surface area contributed by atoms with Gasteiger partial charge < -0.3 is 4.90 Å². The molecule has 3 rings (SSSR count). The first-order chi connectivity index (χ1) is 12.4. The molecule has 0 bridgehead atoms. The van der Waals surface area contributed by atoms with E-state index in [1.54, 1.807) is 6.07 Å². The number of fused-ring (bicyclic) bond motifs is 1. The monoisotopic (exact) mass is 381 g/mol. The van der Waals surface area contributed by atoms with Crippen molar-refractivity contribution in [2.75, 3.05) is 18.7 Å². The van der Waals surface area contributed by atoms with Crippen molar-refractivity contribution in [2.45, 2.75) is 0 Å². The topological polar surface area (TPSA) is 120 Å². The van der Waals surface area contributed by atoms with Crippen molar-refractivity contribution in [3.05, 3.63) is 52.6 Å². The predicted octanol–water partition coefficient (Wildman–Crippen LogP) is 1.38. The van der Waals surface area contributed by atoms with Crippen LogP contribution in [0.2, 0.25) is 0 Å². The lowest BCUT2D eigenvalue weighted by atomic mass is 10.1. The van der Waals surface area contributed by atoms with Gasteiger partial charge in [-0.25, -0.2) is 22.3 Å². The number of hydrogen-bond acceptors (Lipinski definition) is 8. The van der Waals surface area contributed by atoms with Crippen LogP contribution in [0.5, 0.6) is 0 Å². The molecule has 0 unspecified atom stereocenters. The van der Waals surface area contributed by atoms with E-state index in [2.05, 4.69) is 14.3 Å². The maximum absolute atomic E-state index is 14.1.